The van der Waals surface area contributed by atoms with Crippen LogP contribution in [0.15, 0.2) is 42.7 Å². The van der Waals surface area contributed by atoms with E-state index in [1.807, 2.05) is 0 Å². The Bertz CT molecular complexity index is 816. The molecule has 0 spiro atoms. The van der Waals surface area contributed by atoms with Gasteiger partial charge in [0.15, 0.2) is 0 Å². The quantitative estimate of drug-likeness (QED) is 0.473. The van der Waals surface area contributed by atoms with Crippen molar-refractivity contribution < 1.29 is 19.6 Å². The molecule has 26 heavy (non-hydrogen) atoms. The fourth-order valence-corrected chi connectivity index (χ4v) is 2.26. The van der Waals surface area contributed by atoms with Crippen molar-refractivity contribution in [2.45, 2.75) is 19.0 Å². The van der Waals surface area contributed by atoms with Gasteiger partial charge in [0.05, 0.1) is 22.1 Å². The summed E-state index contributed by atoms with van der Waals surface area (Å²) in [5.74, 6) is -1.84. The summed E-state index contributed by atoms with van der Waals surface area (Å²) < 4.78 is 0. The van der Waals surface area contributed by atoms with Crippen LogP contribution >= 0.6 is 11.6 Å². The number of nitro benzene ring substituents is 1. The predicted molar refractivity (Wildman–Crippen MR) is 93.9 cm³/mol. The van der Waals surface area contributed by atoms with Crippen molar-refractivity contribution >= 4 is 34.9 Å². The number of nitrogens with one attached hydrogen (secondary N) is 2. The van der Waals surface area contributed by atoms with Gasteiger partial charge in [-0.3, -0.25) is 30.0 Å². The minimum atomic E-state index is -1.20. The lowest BCUT2D eigenvalue weighted by Gasteiger charge is -2.14. The lowest BCUT2D eigenvalue weighted by Crippen LogP contribution is -2.39. The number of anilines is 1. The van der Waals surface area contributed by atoms with E-state index in [0.717, 1.165) is 11.6 Å². The molecule has 1 unspecified atom stereocenters. The Hall–Kier alpha value is -3.04. The third-order valence-electron chi connectivity index (χ3n) is 3.40. The Kier molecular flexibility index (Phi) is 6.59. The number of carbonyl (C=O) groups is 2. The summed E-state index contributed by atoms with van der Waals surface area (Å²) in [7, 11) is 0. The van der Waals surface area contributed by atoms with Gasteiger partial charge in [0.25, 0.3) is 5.69 Å². The zero-order valence-electron chi connectivity index (χ0n) is 13.4. The van der Waals surface area contributed by atoms with Crippen LogP contribution in [-0.4, -0.2) is 32.9 Å². The summed E-state index contributed by atoms with van der Waals surface area (Å²) in [6.07, 6.45) is 2.79. The van der Waals surface area contributed by atoms with E-state index in [0.29, 0.717) is 0 Å². The molecule has 0 aliphatic carbocycles. The minimum absolute atomic E-state index is 0.0438. The molecule has 9 nitrogen and oxygen atoms in total. The lowest BCUT2D eigenvalue weighted by molar-refractivity contribution is -0.384. The largest absolute Gasteiger partial charge is 0.480 e. The highest BCUT2D eigenvalue weighted by molar-refractivity contribution is 6.33. The van der Waals surface area contributed by atoms with E-state index in [4.69, 9.17) is 11.6 Å². The van der Waals surface area contributed by atoms with Crippen molar-refractivity contribution in [3.05, 3.63) is 63.4 Å². The first-order valence-corrected chi connectivity index (χ1v) is 7.83. The van der Waals surface area contributed by atoms with Gasteiger partial charge in [-0.2, -0.15) is 0 Å². The maximum atomic E-state index is 12.1. The summed E-state index contributed by atoms with van der Waals surface area (Å²) in [5.41, 5.74) is 0.567. The molecule has 0 aliphatic heterocycles. The van der Waals surface area contributed by atoms with Crippen LogP contribution in [0.4, 0.5) is 11.4 Å². The molecular formula is C16H15ClN4O5. The molecular weight excluding hydrogens is 364 g/mol. The topological polar surface area (TPSA) is 134 Å². The van der Waals surface area contributed by atoms with E-state index >= 15 is 0 Å². The van der Waals surface area contributed by atoms with E-state index in [1.54, 1.807) is 24.5 Å². The molecule has 2 aromatic rings. The van der Waals surface area contributed by atoms with E-state index in [1.165, 1.54) is 12.1 Å². The fraction of sp³-hybridized carbons (Fsp3) is 0.188. The molecule has 0 bridgehead atoms. The number of hydrogen-bond acceptors (Lipinski definition) is 6. The molecule has 2 rings (SSSR count). The minimum Gasteiger partial charge on any atom is -0.480 e. The molecule has 1 heterocycles. The average Bonchev–Trinajstić information content (AvgIpc) is 2.61. The second kappa shape index (κ2) is 8.88. The van der Waals surface area contributed by atoms with Gasteiger partial charge < -0.3 is 10.4 Å². The number of pyridine rings is 1. The molecule has 3 N–H and O–H groups in total. The first-order valence-electron chi connectivity index (χ1n) is 7.45. The molecule has 0 saturated heterocycles. The smallest absolute Gasteiger partial charge is 0.321 e. The molecule has 1 atom stereocenters. The molecule has 1 amide bonds. The Labute approximate surface area is 153 Å². The second-order valence-corrected chi connectivity index (χ2v) is 5.71. The molecule has 0 saturated carbocycles. The normalized spacial score (nSPS) is 11.6. The number of nitro groups is 1. The standard InChI is InChI=1S/C16H15ClN4O5/c17-12-4-3-11(21(25)26)6-13(12)20-15(22)7-14(16(23)24)19-9-10-2-1-5-18-8-10/h1-6,8,14,19H,7,9H2,(H,20,22)(H,23,24). The molecule has 0 aliphatic rings. The molecule has 136 valence electrons. The van der Waals surface area contributed by atoms with E-state index in [2.05, 4.69) is 15.6 Å². The Morgan fingerprint density at radius 1 is 1.35 bits per heavy atom. The first kappa shape index (κ1) is 19.3. The van der Waals surface area contributed by atoms with Crippen LogP contribution in [0.2, 0.25) is 5.02 Å². The van der Waals surface area contributed by atoms with Crippen LogP contribution in [0.5, 0.6) is 0 Å². The Morgan fingerprint density at radius 3 is 2.73 bits per heavy atom. The summed E-state index contributed by atoms with van der Waals surface area (Å²) in [6, 6.07) is 5.93. The number of aromatic nitrogens is 1. The van der Waals surface area contributed by atoms with Crippen molar-refractivity contribution in [3.8, 4) is 0 Å². The number of carboxylic acid groups (broad SMARTS) is 1. The van der Waals surface area contributed by atoms with E-state index in [9.17, 15) is 24.8 Å². The summed E-state index contributed by atoms with van der Waals surface area (Å²) in [5, 5.41) is 25.3. The highest BCUT2D eigenvalue weighted by atomic mass is 35.5. The van der Waals surface area contributed by atoms with Crippen LogP contribution in [0, 0.1) is 10.1 Å². The van der Waals surface area contributed by atoms with Gasteiger partial charge >= 0.3 is 5.97 Å². The highest BCUT2D eigenvalue weighted by Gasteiger charge is 2.22. The molecule has 1 aromatic heterocycles. The number of rotatable bonds is 8. The number of aliphatic carboxylic acids is 1. The van der Waals surface area contributed by atoms with Crippen molar-refractivity contribution in [2.24, 2.45) is 0 Å². The van der Waals surface area contributed by atoms with Gasteiger partial charge in [-0.15, -0.1) is 0 Å². The lowest BCUT2D eigenvalue weighted by atomic mass is 10.1. The van der Waals surface area contributed by atoms with Crippen LogP contribution < -0.4 is 10.6 Å². The maximum absolute atomic E-state index is 12.1. The average molecular weight is 379 g/mol. The van der Waals surface area contributed by atoms with E-state index < -0.39 is 22.8 Å². The van der Waals surface area contributed by atoms with Crippen LogP contribution in [0.1, 0.15) is 12.0 Å². The van der Waals surface area contributed by atoms with Gasteiger partial charge in [0, 0.05) is 31.1 Å². The van der Waals surface area contributed by atoms with Crippen LogP contribution in [0.25, 0.3) is 0 Å². The third kappa shape index (κ3) is 5.50. The monoisotopic (exact) mass is 378 g/mol. The van der Waals surface area contributed by atoms with Gasteiger partial charge in [0.2, 0.25) is 5.91 Å². The second-order valence-electron chi connectivity index (χ2n) is 5.31. The van der Waals surface area contributed by atoms with Crippen molar-refractivity contribution in [3.63, 3.8) is 0 Å². The van der Waals surface area contributed by atoms with Gasteiger partial charge in [0.1, 0.15) is 6.04 Å². The van der Waals surface area contributed by atoms with Gasteiger partial charge in [-0.1, -0.05) is 17.7 Å². The van der Waals surface area contributed by atoms with Crippen molar-refractivity contribution in [1.82, 2.24) is 10.3 Å². The summed E-state index contributed by atoms with van der Waals surface area (Å²) in [4.78, 5) is 37.6. The Morgan fingerprint density at radius 2 is 2.12 bits per heavy atom. The Balaban J connectivity index is 2.00. The zero-order valence-corrected chi connectivity index (χ0v) is 14.1. The van der Waals surface area contributed by atoms with E-state index in [-0.39, 0.29) is 29.4 Å². The maximum Gasteiger partial charge on any atom is 0.321 e. The number of carbonyl (C=O) groups excluding carboxylic acids is 1. The SMILES string of the molecule is O=C(CC(NCc1cccnc1)C(=O)O)Nc1cc([N+](=O)[O-])ccc1Cl. The predicted octanol–water partition coefficient (Wildman–Crippen LogP) is 2.21. The third-order valence-corrected chi connectivity index (χ3v) is 3.73. The number of carboxylic acids is 1. The molecule has 0 radical (unpaired) electrons. The molecule has 0 fully saturated rings. The molecule has 1 aromatic carbocycles. The van der Waals surface area contributed by atoms with Crippen molar-refractivity contribution in [2.75, 3.05) is 5.32 Å². The molecule has 10 heteroatoms. The number of benzene rings is 1. The highest BCUT2D eigenvalue weighted by Crippen LogP contribution is 2.26. The number of non-ortho nitro benzene ring substituents is 1. The summed E-state index contributed by atoms with van der Waals surface area (Å²) >= 11 is 5.91. The summed E-state index contributed by atoms with van der Waals surface area (Å²) in [6.45, 7) is 0.218. The fourth-order valence-electron chi connectivity index (χ4n) is 2.10. The van der Waals surface area contributed by atoms with Gasteiger partial charge in [-0.25, -0.2) is 0 Å². The van der Waals surface area contributed by atoms with Crippen LogP contribution in [-0.2, 0) is 16.1 Å². The van der Waals surface area contributed by atoms with Gasteiger partial charge in [-0.05, 0) is 17.7 Å². The first-order chi connectivity index (χ1) is 12.4. The number of nitrogens with zero attached hydrogens (tertiary/aromatic N) is 2. The number of amides is 1. The van der Waals surface area contributed by atoms with Crippen molar-refractivity contribution in [1.29, 1.82) is 0 Å². The van der Waals surface area contributed by atoms with Crippen LogP contribution in [0.3, 0.4) is 0 Å². The number of hydrogen-bond donors (Lipinski definition) is 3. The number of halogens is 1. The zero-order chi connectivity index (χ0) is 19.1.